The van der Waals surface area contributed by atoms with Gasteiger partial charge in [-0.05, 0) is 37.5 Å². The number of aliphatic carboxylic acids is 1. The largest absolute Gasteiger partial charge is 0.479 e. The molecule has 0 aromatic heterocycles. The Balaban J connectivity index is 2.21. The number of amides is 1. The molecule has 4 nitrogen and oxygen atoms in total. The van der Waals surface area contributed by atoms with E-state index < -0.39 is 23.6 Å². The monoisotopic (exact) mass is 251 g/mol. The van der Waals surface area contributed by atoms with Crippen LogP contribution in [0, 0.1) is 11.8 Å². The summed E-state index contributed by atoms with van der Waals surface area (Å²) in [5.74, 6) is -4.23. The third-order valence-electron chi connectivity index (χ3n) is 3.37. The van der Waals surface area contributed by atoms with Gasteiger partial charge < -0.3 is 10.4 Å². The van der Waals surface area contributed by atoms with Crippen LogP contribution in [-0.2, 0) is 9.59 Å². The van der Waals surface area contributed by atoms with Crippen molar-refractivity contribution < 1.29 is 27.9 Å². The SMILES string of the molecule is O=C(NC(C(=O)O)(C1CC1)C1CC1)C(F)(F)F. The van der Waals surface area contributed by atoms with Gasteiger partial charge in [-0.25, -0.2) is 4.79 Å². The van der Waals surface area contributed by atoms with Gasteiger partial charge in [-0.3, -0.25) is 4.79 Å². The number of carbonyl (C=O) groups excluding carboxylic acids is 1. The van der Waals surface area contributed by atoms with Crippen LogP contribution in [0.3, 0.4) is 0 Å². The Morgan fingerprint density at radius 1 is 1.06 bits per heavy atom. The fourth-order valence-corrected chi connectivity index (χ4v) is 2.28. The molecule has 0 aliphatic heterocycles. The van der Waals surface area contributed by atoms with E-state index in [1.807, 2.05) is 0 Å². The summed E-state index contributed by atoms with van der Waals surface area (Å²) in [7, 11) is 0. The summed E-state index contributed by atoms with van der Waals surface area (Å²) in [6, 6.07) is 0. The van der Waals surface area contributed by atoms with Gasteiger partial charge in [-0.2, -0.15) is 13.2 Å². The van der Waals surface area contributed by atoms with Gasteiger partial charge in [0.1, 0.15) is 5.54 Å². The number of halogens is 3. The first kappa shape index (κ1) is 12.2. The second-order valence-electron chi connectivity index (χ2n) is 4.67. The minimum Gasteiger partial charge on any atom is -0.479 e. The highest BCUT2D eigenvalue weighted by Crippen LogP contribution is 2.52. The third-order valence-corrected chi connectivity index (χ3v) is 3.37. The highest BCUT2D eigenvalue weighted by Gasteiger charge is 2.62. The van der Waals surface area contributed by atoms with Gasteiger partial charge in [0.05, 0.1) is 0 Å². The molecule has 0 aromatic rings. The van der Waals surface area contributed by atoms with Gasteiger partial charge in [0.2, 0.25) is 0 Å². The minimum atomic E-state index is -5.04. The zero-order chi connectivity index (χ0) is 12.8. The molecule has 2 saturated carbocycles. The van der Waals surface area contributed by atoms with Crippen molar-refractivity contribution in [3.05, 3.63) is 0 Å². The van der Waals surface area contributed by atoms with Crippen LogP contribution in [0.25, 0.3) is 0 Å². The molecule has 1 amide bonds. The van der Waals surface area contributed by atoms with Crippen LogP contribution in [0.15, 0.2) is 0 Å². The lowest BCUT2D eigenvalue weighted by atomic mass is 9.87. The van der Waals surface area contributed by atoms with E-state index in [4.69, 9.17) is 0 Å². The topological polar surface area (TPSA) is 66.4 Å². The summed E-state index contributed by atoms with van der Waals surface area (Å²) >= 11 is 0. The molecule has 0 heterocycles. The van der Waals surface area contributed by atoms with Crippen molar-refractivity contribution in [1.29, 1.82) is 0 Å². The average Bonchev–Trinajstić information content (AvgIpc) is 2.98. The summed E-state index contributed by atoms with van der Waals surface area (Å²) in [5, 5.41) is 10.9. The lowest BCUT2D eigenvalue weighted by Gasteiger charge is -2.31. The third kappa shape index (κ3) is 2.10. The molecule has 0 spiro atoms. The Kier molecular flexibility index (Phi) is 2.59. The molecule has 2 N–H and O–H groups in total. The maximum Gasteiger partial charge on any atom is 0.471 e. The van der Waals surface area contributed by atoms with E-state index in [0.29, 0.717) is 25.7 Å². The number of hydrogen-bond acceptors (Lipinski definition) is 2. The first-order chi connectivity index (χ1) is 7.78. The second kappa shape index (κ2) is 3.61. The van der Waals surface area contributed by atoms with E-state index in [2.05, 4.69) is 0 Å². The molecule has 0 unspecified atom stereocenters. The van der Waals surface area contributed by atoms with E-state index in [1.165, 1.54) is 0 Å². The van der Waals surface area contributed by atoms with Gasteiger partial charge in [0, 0.05) is 0 Å². The Morgan fingerprint density at radius 2 is 1.47 bits per heavy atom. The van der Waals surface area contributed by atoms with Crippen LogP contribution in [0.2, 0.25) is 0 Å². The first-order valence-corrected chi connectivity index (χ1v) is 5.41. The van der Waals surface area contributed by atoms with Crippen LogP contribution in [0.5, 0.6) is 0 Å². The van der Waals surface area contributed by atoms with Gasteiger partial charge in [0.25, 0.3) is 0 Å². The zero-order valence-electron chi connectivity index (χ0n) is 8.88. The lowest BCUT2D eigenvalue weighted by molar-refractivity contribution is -0.178. The Hall–Kier alpha value is -1.27. The van der Waals surface area contributed by atoms with E-state index in [-0.39, 0.29) is 11.8 Å². The molecule has 2 aliphatic carbocycles. The predicted molar refractivity (Wildman–Crippen MR) is 50.0 cm³/mol. The number of hydrogen-bond donors (Lipinski definition) is 2. The maximum absolute atomic E-state index is 12.2. The minimum absolute atomic E-state index is 0.362. The Morgan fingerprint density at radius 3 is 1.71 bits per heavy atom. The molecule has 7 heteroatoms. The molecule has 2 rings (SSSR count). The van der Waals surface area contributed by atoms with E-state index in [9.17, 15) is 27.9 Å². The van der Waals surface area contributed by atoms with Crippen molar-refractivity contribution in [2.75, 3.05) is 0 Å². The van der Waals surface area contributed by atoms with Crippen LogP contribution >= 0.6 is 0 Å². The average molecular weight is 251 g/mol. The fraction of sp³-hybridized carbons (Fsp3) is 0.800. The number of alkyl halides is 3. The van der Waals surface area contributed by atoms with Gasteiger partial charge >= 0.3 is 18.1 Å². The Bertz CT molecular complexity index is 346. The van der Waals surface area contributed by atoms with Crippen LogP contribution in [0.1, 0.15) is 25.7 Å². The summed E-state index contributed by atoms with van der Waals surface area (Å²) in [5.41, 5.74) is -1.70. The normalized spacial score (nSPS) is 21.1. The van der Waals surface area contributed by atoms with Crippen molar-refractivity contribution >= 4 is 11.9 Å². The smallest absolute Gasteiger partial charge is 0.471 e. The highest BCUT2D eigenvalue weighted by atomic mass is 19.4. The molecule has 2 fully saturated rings. The van der Waals surface area contributed by atoms with Crippen LogP contribution in [0.4, 0.5) is 13.2 Å². The molecule has 2 aliphatic rings. The van der Waals surface area contributed by atoms with Gasteiger partial charge in [-0.1, -0.05) is 0 Å². The molecule has 17 heavy (non-hydrogen) atoms. The van der Waals surface area contributed by atoms with Crippen LogP contribution < -0.4 is 5.32 Å². The fourth-order valence-electron chi connectivity index (χ4n) is 2.28. The van der Waals surface area contributed by atoms with E-state index in [1.54, 1.807) is 5.32 Å². The van der Waals surface area contributed by atoms with Crippen molar-refractivity contribution in [2.24, 2.45) is 11.8 Å². The summed E-state index contributed by atoms with van der Waals surface area (Å²) in [6.07, 6.45) is -2.81. The highest BCUT2D eigenvalue weighted by molar-refractivity contribution is 5.90. The predicted octanol–water partition coefficient (Wildman–Crippen LogP) is 1.31. The van der Waals surface area contributed by atoms with Crippen LogP contribution in [-0.4, -0.2) is 28.7 Å². The number of carboxylic acid groups (broad SMARTS) is 1. The molecule has 0 aromatic carbocycles. The molecule has 96 valence electrons. The molecule has 0 radical (unpaired) electrons. The van der Waals surface area contributed by atoms with Crippen molar-refractivity contribution in [3.8, 4) is 0 Å². The van der Waals surface area contributed by atoms with Gasteiger partial charge in [-0.15, -0.1) is 0 Å². The molecular weight excluding hydrogens is 239 g/mol. The summed E-state index contributed by atoms with van der Waals surface area (Å²) in [4.78, 5) is 22.2. The quantitative estimate of drug-likeness (QED) is 0.791. The van der Waals surface area contributed by atoms with Gasteiger partial charge in [0.15, 0.2) is 0 Å². The molecule has 0 bridgehead atoms. The standard InChI is InChI=1S/C10H12F3NO3/c11-10(12,13)7(15)14-9(8(16)17,5-1-2-5)6-3-4-6/h5-6H,1-4H2,(H,14,15)(H,16,17). The van der Waals surface area contributed by atoms with Crippen molar-refractivity contribution in [1.82, 2.24) is 5.32 Å². The van der Waals surface area contributed by atoms with E-state index in [0.717, 1.165) is 0 Å². The van der Waals surface area contributed by atoms with Crippen molar-refractivity contribution in [3.63, 3.8) is 0 Å². The second-order valence-corrected chi connectivity index (χ2v) is 4.67. The summed E-state index contributed by atoms with van der Waals surface area (Å²) in [6.45, 7) is 0. The molecular formula is C10H12F3NO3. The number of carbonyl (C=O) groups is 2. The number of nitrogens with one attached hydrogen (secondary N) is 1. The maximum atomic E-state index is 12.2. The number of carboxylic acids is 1. The first-order valence-electron chi connectivity index (χ1n) is 5.41. The number of rotatable bonds is 4. The Labute approximate surface area is 95.2 Å². The zero-order valence-corrected chi connectivity index (χ0v) is 8.88. The van der Waals surface area contributed by atoms with E-state index >= 15 is 0 Å². The van der Waals surface area contributed by atoms with Crippen molar-refractivity contribution in [2.45, 2.75) is 37.4 Å². The molecule has 0 atom stereocenters. The summed E-state index contributed by atoms with van der Waals surface area (Å²) < 4.78 is 36.6. The molecule has 0 saturated heterocycles. The lowest BCUT2D eigenvalue weighted by Crippen LogP contribution is -2.60.